The molecule has 0 unspecified atom stereocenters. The van der Waals surface area contributed by atoms with Crippen molar-refractivity contribution in [1.29, 1.82) is 5.26 Å². The highest BCUT2D eigenvalue weighted by Crippen LogP contribution is 2.35. The highest BCUT2D eigenvalue weighted by Gasteiger charge is 2.48. The second-order valence-electron chi connectivity index (χ2n) is 9.51. The number of nitriles is 1. The molecule has 2 N–H and O–H groups in total. The van der Waals surface area contributed by atoms with Crippen LogP contribution < -0.4 is 10.5 Å². The van der Waals surface area contributed by atoms with Gasteiger partial charge in [-0.15, -0.1) is 5.10 Å². The molecule has 1 aromatic heterocycles. The highest BCUT2D eigenvalue weighted by molar-refractivity contribution is 5.60. The molecular weight excluding hydrogens is 460 g/mol. The Morgan fingerprint density at radius 2 is 2.06 bits per heavy atom. The Balaban J connectivity index is 0.000000200. The third kappa shape index (κ3) is 6.08. The minimum Gasteiger partial charge on any atom is -0.492 e. The zero-order valence-electron chi connectivity index (χ0n) is 20.7. The van der Waals surface area contributed by atoms with Crippen LogP contribution in [0.25, 0.3) is 10.4 Å². The number of aromatic nitrogens is 3. The predicted octanol–water partition coefficient (Wildman–Crippen LogP) is 4.35. The lowest BCUT2D eigenvalue weighted by atomic mass is 9.86. The topological polar surface area (TPSA) is 157 Å². The van der Waals surface area contributed by atoms with Crippen LogP contribution >= 0.6 is 0 Å². The number of ether oxygens (including phenoxy) is 3. The summed E-state index contributed by atoms with van der Waals surface area (Å²) in [6.45, 7) is 3.56. The van der Waals surface area contributed by atoms with Crippen LogP contribution in [-0.4, -0.2) is 53.1 Å². The lowest BCUT2D eigenvalue weighted by molar-refractivity contribution is 0.0627. The van der Waals surface area contributed by atoms with Gasteiger partial charge in [0.15, 0.2) is 0 Å². The van der Waals surface area contributed by atoms with Crippen LogP contribution in [0.3, 0.4) is 0 Å². The van der Waals surface area contributed by atoms with Crippen LogP contribution in [0.15, 0.2) is 29.5 Å². The van der Waals surface area contributed by atoms with Gasteiger partial charge in [-0.25, -0.2) is 4.68 Å². The van der Waals surface area contributed by atoms with Crippen molar-refractivity contribution in [1.82, 2.24) is 15.0 Å². The van der Waals surface area contributed by atoms with E-state index in [1.54, 1.807) is 18.2 Å². The van der Waals surface area contributed by atoms with Crippen LogP contribution in [-0.2, 0) is 15.9 Å². The van der Waals surface area contributed by atoms with E-state index in [4.69, 9.17) is 30.7 Å². The average Bonchev–Trinajstić information content (AvgIpc) is 3.62. The number of fused-ring (bicyclic) bond motifs is 1. The van der Waals surface area contributed by atoms with Crippen LogP contribution in [0.2, 0.25) is 0 Å². The molecule has 11 heteroatoms. The monoisotopic (exact) mass is 494 g/mol. The van der Waals surface area contributed by atoms with Crippen molar-refractivity contribution in [2.75, 3.05) is 25.6 Å². The molecule has 36 heavy (non-hydrogen) atoms. The molecule has 192 valence electrons. The Morgan fingerprint density at radius 1 is 1.25 bits per heavy atom. The van der Waals surface area contributed by atoms with Crippen molar-refractivity contribution < 1.29 is 14.2 Å². The molecule has 3 fully saturated rings. The average molecular weight is 495 g/mol. The first-order valence-electron chi connectivity index (χ1n) is 12.7. The Labute approximate surface area is 211 Å². The number of rotatable bonds is 7. The van der Waals surface area contributed by atoms with Crippen molar-refractivity contribution in [3.8, 4) is 11.8 Å². The summed E-state index contributed by atoms with van der Waals surface area (Å²) in [4.78, 5) is 2.88. The number of nitrogens with two attached hydrogens (primary N) is 1. The molecular formula is C25H34N8O3. The van der Waals surface area contributed by atoms with Gasteiger partial charge in [-0.05, 0) is 36.4 Å². The third-order valence-electron chi connectivity index (χ3n) is 6.95. The molecule has 1 aliphatic carbocycles. The quantitative estimate of drug-likeness (QED) is 0.259. The lowest BCUT2D eigenvalue weighted by Gasteiger charge is -2.20. The summed E-state index contributed by atoms with van der Waals surface area (Å²) in [5, 5.41) is 21.2. The molecule has 0 radical (unpaired) electrons. The van der Waals surface area contributed by atoms with Crippen LogP contribution in [0.1, 0.15) is 62.7 Å². The molecule has 2 aliphatic heterocycles. The molecule has 0 amide bonds. The Kier molecular flexibility index (Phi) is 9.01. The van der Waals surface area contributed by atoms with Gasteiger partial charge >= 0.3 is 0 Å². The maximum atomic E-state index is 8.79. The van der Waals surface area contributed by atoms with Crippen LogP contribution in [0, 0.1) is 17.2 Å². The molecule has 5 rings (SSSR count). The summed E-state index contributed by atoms with van der Waals surface area (Å²) < 4.78 is 18.8. The normalized spacial score (nSPS) is 25.2. The molecule has 11 nitrogen and oxygen atoms in total. The molecule has 2 saturated heterocycles. The first kappa shape index (κ1) is 25.8. The number of hydrogen-bond acceptors (Lipinski definition) is 8. The number of benzene rings is 1. The van der Waals surface area contributed by atoms with Gasteiger partial charge in [0.2, 0.25) is 0 Å². The maximum absolute atomic E-state index is 8.79. The summed E-state index contributed by atoms with van der Waals surface area (Å²) in [6, 6.07) is 7.03. The van der Waals surface area contributed by atoms with E-state index in [-0.39, 0.29) is 24.3 Å². The van der Waals surface area contributed by atoms with Gasteiger partial charge in [-0.2, -0.15) is 5.26 Å². The summed E-state index contributed by atoms with van der Waals surface area (Å²) >= 11 is 0. The van der Waals surface area contributed by atoms with Crippen molar-refractivity contribution in [3.05, 3.63) is 46.1 Å². The van der Waals surface area contributed by atoms with Crippen molar-refractivity contribution in [2.24, 2.45) is 11.0 Å². The molecule has 1 saturated carbocycles. The smallest absolute Gasteiger partial charge is 0.139 e. The van der Waals surface area contributed by atoms with E-state index < -0.39 is 0 Å². The fourth-order valence-electron chi connectivity index (χ4n) is 5.11. The molecule has 0 spiro atoms. The standard InChI is InChI=1S/C15H22N6O2.C10H12N2O/c16-19-18-12-8-22-15-13(9-23-14(12)15)21-7-11(17-20-21)6-10-4-2-1-3-5-10;1-2-6-13-10-5-3-4-9(12)8(10)7-11/h7,10,12-15H,1-6,8-9H2;3-5H,2,6,12H2,1H3/t12-,13-,14+,15+;/m0./s1. The highest BCUT2D eigenvalue weighted by atomic mass is 16.6. The van der Waals surface area contributed by atoms with E-state index in [1.165, 1.54) is 32.1 Å². The van der Waals surface area contributed by atoms with Gasteiger partial charge in [-0.3, -0.25) is 0 Å². The van der Waals surface area contributed by atoms with E-state index in [2.05, 4.69) is 20.3 Å². The van der Waals surface area contributed by atoms with Crippen molar-refractivity contribution in [3.63, 3.8) is 0 Å². The summed E-state index contributed by atoms with van der Waals surface area (Å²) in [7, 11) is 0. The van der Waals surface area contributed by atoms with Crippen molar-refractivity contribution in [2.45, 2.75) is 76.2 Å². The Hall–Kier alpha value is -3.32. The van der Waals surface area contributed by atoms with E-state index in [9.17, 15) is 0 Å². The van der Waals surface area contributed by atoms with E-state index in [0.29, 0.717) is 36.8 Å². The molecule has 0 bridgehead atoms. The van der Waals surface area contributed by atoms with Crippen LogP contribution in [0.4, 0.5) is 5.69 Å². The second-order valence-corrected chi connectivity index (χ2v) is 9.51. The fourth-order valence-corrected chi connectivity index (χ4v) is 5.11. The number of anilines is 1. The SMILES string of the molecule is CCCOc1cccc(N)c1C#N.[N-]=[N+]=N[C@H]1CO[C@H]2[C@@H]1OC[C@@H]2n1cc(CC2CCCCC2)nn1. The van der Waals surface area contributed by atoms with Crippen molar-refractivity contribution >= 4 is 5.69 Å². The largest absolute Gasteiger partial charge is 0.492 e. The van der Waals surface area contributed by atoms with E-state index >= 15 is 0 Å². The lowest BCUT2D eigenvalue weighted by Crippen LogP contribution is -2.29. The van der Waals surface area contributed by atoms with E-state index in [1.807, 2.05) is 23.9 Å². The zero-order valence-corrected chi connectivity index (χ0v) is 20.7. The van der Waals surface area contributed by atoms with Gasteiger partial charge < -0.3 is 19.9 Å². The van der Waals surface area contributed by atoms with Gasteiger partial charge in [0.25, 0.3) is 0 Å². The molecule has 3 aliphatic rings. The first-order chi connectivity index (χ1) is 17.6. The number of nitrogen functional groups attached to an aromatic ring is 1. The third-order valence-corrected chi connectivity index (χ3v) is 6.95. The maximum Gasteiger partial charge on any atom is 0.139 e. The molecule has 1 aromatic carbocycles. The molecule has 4 atom stereocenters. The summed E-state index contributed by atoms with van der Waals surface area (Å²) in [5.74, 6) is 1.32. The Morgan fingerprint density at radius 3 is 2.81 bits per heavy atom. The zero-order chi connectivity index (χ0) is 25.3. The summed E-state index contributed by atoms with van der Waals surface area (Å²) in [5.41, 5.74) is 16.2. The van der Waals surface area contributed by atoms with Gasteiger partial charge in [-0.1, -0.05) is 55.4 Å². The summed E-state index contributed by atoms with van der Waals surface area (Å²) in [6.07, 6.45) is 10.4. The predicted molar refractivity (Wildman–Crippen MR) is 133 cm³/mol. The van der Waals surface area contributed by atoms with E-state index in [0.717, 1.165) is 24.5 Å². The second kappa shape index (κ2) is 12.6. The number of nitrogens with zero attached hydrogens (tertiary/aromatic N) is 7. The van der Waals surface area contributed by atoms with Gasteiger partial charge in [0.1, 0.15) is 29.5 Å². The number of azide groups is 1. The first-order valence-corrected chi connectivity index (χ1v) is 12.7. The van der Waals surface area contributed by atoms with Gasteiger partial charge in [0, 0.05) is 11.1 Å². The molecule has 3 heterocycles. The fraction of sp³-hybridized carbons (Fsp3) is 0.640. The van der Waals surface area contributed by atoms with Gasteiger partial charge in [0.05, 0.1) is 43.3 Å². The minimum absolute atomic E-state index is 0.0199. The number of hydrogen-bond donors (Lipinski definition) is 1. The minimum atomic E-state index is -0.236. The Bertz CT molecular complexity index is 1090. The van der Waals surface area contributed by atoms with Crippen LogP contribution in [0.5, 0.6) is 5.75 Å². The molecule has 2 aromatic rings.